The maximum atomic E-state index is 5.26. The first-order valence-corrected chi connectivity index (χ1v) is 3.21. The quantitative estimate of drug-likeness (QED) is 0.418. The van der Waals surface area contributed by atoms with Crippen LogP contribution in [-0.2, 0) is 0 Å². The van der Waals surface area contributed by atoms with Gasteiger partial charge in [0.25, 0.3) is 0 Å². The highest BCUT2D eigenvalue weighted by Gasteiger charge is 1.93. The smallest absolute Gasteiger partial charge is 0.0653 e. The Hall–Kier alpha value is 0.415. The van der Waals surface area contributed by atoms with E-state index >= 15 is 0 Å². The highest BCUT2D eigenvalue weighted by Crippen LogP contribution is 2.06. The lowest BCUT2D eigenvalue weighted by Crippen LogP contribution is -1.93. The Balaban J connectivity index is 2.83. The third-order valence-electron chi connectivity index (χ3n) is 0.971. The Morgan fingerprint density at radius 3 is 2.43 bits per heavy atom. The van der Waals surface area contributed by atoms with E-state index in [1.54, 1.807) is 0 Å². The Kier molecular flexibility index (Phi) is 4.84. The van der Waals surface area contributed by atoms with Gasteiger partial charge in [-0.2, -0.15) is 12.6 Å². The van der Waals surface area contributed by atoms with Gasteiger partial charge in [-0.05, 0) is 12.8 Å². The minimum absolute atomic E-state index is 0.519. The molecule has 0 heterocycles. The average molecular weight is 114 g/mol. The summed E-state index contributed by atoms with van der Waals surface area (Å²) in [7, 11) is 5.26. The van der Waals surface area contributed by atoms with Crippen molar-refractivity contribution in [1.82, 2.24) is 0 Å². The molecule has 2 heteroatoms. The molecule has 0 aromatic heterocycles. The third kappa shape index (κ3) is 4.26. The summed E-state index contributed by atoms with van der Waals surface area (Å²) in [6.45, 7) is 2.12. The van der Waals surface area contributed by atoms with Gasteiger partial charge in [0, 0.05) is 5.25 Å². The van der Waals surface area contributed by atoms with Crippen LogP contribution >= 0.6 is 12.6 Å². The average Bonchev–Trinajstić information content (AvgIpc) is 1.68. The van der Waals surface area contributed by atoms with E-state index in [-0.39, 0.29) is 0 Å². The topological polar surface area (TPSA) is 0 Å². The van der Waals surface area contributed by atoms with E-state index < -0.39 is 0 Å². The van der Waals surface area contributed by atoms with Gasteiger partial charge in [-0.3, -0.25) is 0 Å². The van der Waals surface area contributed by atoms with Crippen LogP contribution in [0.15, 0.2) is 0 Å². The minimum Gasteiger partial charge on any atom is -0.176 e. The summed E-state index contributed by atoms with van der Waals surface area (Å²) in [6, 6.07) is 0. The molecule has 0 bridgehead atoms. The van der Waals surface area contributed by atoms with Gasteiger partial charge in [0.05, 0.1) is 7.85 Å². The number of hydrogen-bond donors (Lipinski definition) is 1. The molecule has 0 unspecified atom stereocenters. The maximum Gasteiger partial charge on any atom is 0.0653 e. The number of thiol groups is 1. The van der Waals surface area contributed by atoms with Crippen LogP contribution in [-0.4, -0.2) is 13.1 Å². The van der Waals surface area contributed by atoms with Crippen molar-refractivity contribution < 1.29 is 0 Å². The van der Waals surface area contributed by atoms with E-state index in [2.05, 4.69) is 19.6 Å². The lowest BCUT2D eigenvalue weighted by atomic mass is 9.99. The van der Waals surface area contributed by atoms with Crippen molar-refractivity contribution in [3.8, 4) is 0 Å². The second kappa shape index (κ2) is 4.57. The molecule has 1 atom stereocenters. The lowest BCUT2D eigenvalue weighted by molar-refractivity contribution is 0.797. The zero-order valence-corrected chi connectivity index (χ0v) is 5.62. The molecule has 7 heavy (non-hydrogen) atoms. The minimum atomic E-state index is 0.519. The van der Waals surface area contributed by atoms with Gasteiger partial charge in [-0.25, -0.2) is 0 Å². The van der Waals surface area contributed by atoms with Crippen LogP contribution in [0.3, 0.4) is 0 Å². The molecule has 0 fully saturated rings. The van der Waals surface area contributed by atoms with Crippen molar-refractivity contribution in [2.45, 2.75) is 31.3 Å². The van der Waals surface area contributed by atoms with Crippen molar-refractivity contribution in [3.63, 3.8) is 0 Å². The van der Waals surface area contributed by atoms with Crippen molar-refractivity contribution >= 4 is 20.5 Å². The van der Waals surface area contributed by atoms with Crippen LogP contribution in [0.25, 0.3) is 0 Å². The van der Waals surface area contributed by atoms with E-state index in [9.17, 15) is 0 Å². The Bertz CT molecular complexity index is 39.1. The van der Waals surface area contributed by atoms with Crippen molar-refractivity contribution in [2.24, 2.45) is 0 Å². The van der Waals surface area contributed by atoms with Crippen LogP contribution in [0.2, 0.25) is 6.32 Å². The first-order chi connectivity index (χ1) is 3.31. The fourth-order valence-electron chi connectivity index (χ4n) is 0.397. The van der Waals surface area contributed by atoms with E-state index in [1.807, 2.05) is 0 Å². The summed E-state index contributed by atoms with van der Waals surface area (Å²) in [5.74, 6) is 0. The van der Waals surface area contributed by atoms with Gasteiger partial charge < -0.3 is 0 Å². The highest BCUT2D eigenvalue weighted by molar-refractivity contribution is 7.80. The fourth-order valence-corrected chi connectivity index (χ4v) is 0.546. The van der Waals surface area contributed by atoms with Crippen molar-refractivity contribution in [1.29, 1.82) is 0 Å². The van der Waals surface area contributed by atoms with E-state index in [0.717, 1.165) is 19.2 Å². The molecular formula is C5H11BS. The summed E-state index contributed by atoms with van der Waals surface area (Å²) in [4.78, 5) is 0. The summed E-state index contributed by atoms with van der Waals surface area (Å²) in [5, 5.41) is 0.519. The van der Waals surface area contributed by atoms with Crippen LogP contribution in [0.1, 0.15) is 19.8 Å². The predicted octanol–water partition coefficient (Wildman–Crippen LogP) is 1.67. The summed E-state index contributed by atoms with van der Waals surface area (Å²) in [6.07, 6.45) is 2.93. The van der Waals surface area contributed by atoms with Crippen LogP contribution in [0.4, 0.5) is 0 Å². The molecule has 0 N–H and O–H groups in total. The molecule has 0 aromatic carbocycles. The normalized spacial score (nSPS) is 14.0. The molecule has 0 aliphatic heterocycles. The molecule has 40 valence electrons. The SMILES string of the molecule is [B]CC[C@@H](S)CC. The standard InChI is InChI=1S/C5H11BS/c1-2-5(7)3-4-6/h5,7H,2-4H2,1H3/t5-/m0/s1. The summed E-state index contributed by atoms with van der Waals surface area (Å²) in [5.41, 5.74) is 0. The molecule has 0 rings (SSSR count). The Morgan fingerprint density at radius 1 is 1.71 bits per heavy atom. The van der Waals surface area contributed by atoms with Crippen molar-refractivity contribution in [3.05, 3.63) is 0 Å². The third-order valence-corrected chi connectivity index (χ3v) is 1.59. The second-order valence-corrected chi connectivity index (χ2v) is 2.37. The van der Waals surface area contributed by atoms with E-state index in [1.165, 1.54) is 0 Å². The van der Waals surface area contributed by atoms with Gasteiger partial charge in [0.1, 0.15) is 0 Å². The zero-order valence-electron chi connectivity index (χ0n) is 4.72. The summed E-state index contributed by atoms with van der Waals surface area (Å²) >= 11 is 4.23. The monoisotopic (exact) mass is 114 g/mol. The molecule has 2 radical (unpaired) electrons. The largest absolute Gasteiger partial charge is 0.176 e. The molecule has 0 nitrogen and oxygen atoms in total. The molecule has 0 amide bonds. The zero-order chi connectivity index (χ0) is 5.70. The van der Waals surface area contributed by atoms with Crippen molar-refractivity contribution in [2.75, 3.05) is 0 Å². The highest BCUT2D eigenvalue weighted by atomic mass is 32.1. The molecule has 0 aliphatic carbocycles. The summed E-state index contributed by atoms with van der Waals surface area (Å²) < 4.78 is 0. The van der Waals surface area contributed by atoms with Gasteiger partial charge in [-0.15, -0.1) is 0 Å². The molecule has 0 spiro atoms. The Morgan fingerprint density at radius 2 is 2.29 bits per heavy atom. The molecule has 0 saturated carbocycles. The first kappa shape index (κ1) is 7.41. The lowest BCUT2D eigenvalue weighted by Gasteiger charge is -2.01. The van der Waals surface area contributed by atoms with E-state index in [4.69, 9.17) is 7.85 Å². The molecular weight excluding hydrogens is 103 g/mol. The van der Waals surface area contributed by atoms with Gasteiger partial charge in [0.2, 0.25) is 0 Å². The maximum absolute atomic E-state index is 5.26. The van der Waals surface area contributed by atoms with Crippen LogP contribution in [0.5, 0.6) is 0 Å². The van der Waals surface area contributed by atoms with Gasteiger partial charge in [-0.1, -0.05) is 13.2 Å². The van der Waals surface area contributed by atoms with E-state index in [0.29, 0.717) is 5.25 Å². The molecule has 0 saturated heterocycles. The molecule has 0 aliphatic rings. The van der Waals surface area contributed by atoms with Gasteiger partial charge >= 0.3 is 0 Å². The Labute approximate surface area is 52.5 Å². The van der Waals surface area contributed by atoms with Crippen LogP contribution < -0.4 is 0 Å². The van der Waals surface area contributed by atoms with Crippen LogP contribution in [0, 0.1) is 0 Å². The number of rotatable bonds is 3. The fraction of sp³-hybridized carbons (Fsp3) is 1.00. The first-order valence-electron chi connectivity index (χ1n) is 2.69. The predicted molar refractivity (Wildman–Crippen MR) is 38.2 cm³/mol. The van der Waals surface area contributed by atoms with Gasteiger partial charge in [0.15, 0.2) is 0 Å². The number of hydrogen-bond acceptors (Lipinski definition) is 1. The second-order valence-electron chi connectivity index (χ2n) is 1.64. The molecule has 0 aromatic rings.